The molecule has 1 unspecified atom stereocenters. The van der Waals surface area contributed by atoms with Crippen LogP contribution in [-0.2, 0) is 14.6 Å². The number of rotatable bonds is 2. The summed E-state index contributed by atoms with van der Waals surface area (Å²) >= 11 is 0. The molecule has 1 aromatic carbocycles. The summed E-state index contributed by atoms with van der Waals surface area (Å²) in [6.45, 7) is 2.26. The van der Waals surface area contributed by atoms with Crippen LogP contribution in [0.3, 0.4) is 0 Å². The summed E-state index contributed by atoms with van der Waals surface area (Å²) in [5.41, 5.74) is 7.18. The van der Waals surface area contributed by atoms with Gasteiger partial charge in [0.1, 0.15) is 0 Å². The van der Waals surface area contributed by atoms with Crippen molar-refractivity contribution in [2.75, 3.05) is 35.8 Å². The van der Waals surface area contributed by atoms with Gasteiger partial charge in [-0.15, -0.1) is 0 Å². The van der Waals surface area contributed by atoms with Crippen molar-refractivity contribution in [3.05, 3.63) is 23.8 Å². The second-order valence-electron chi connectivity index (χ2n) is 4.92. The van der Waals surface area contributed by atoms with E-state index in [0.717, 1.165) is 5.69 Å². The van der Waals surface area contributed by atoms with Gasteiger partial charge in [0.05, 0.1) is 24.2 Å². The second-order valence-corrected chi connectivity index (χ2v) is 7.15. The molecule has 0 radical (unpaired) electrons. The number of nitrogen functional groups attached to an aromatic ring is 1. The summed E-state index contributed by atoms with van der Waals surface area (Å²) in [5, 5.41) is 0. The first-order valence-corrected chi connectivity index (χ1v) is 8.11. The highest BCUT2D eigenvalue weighted by atomic mass is 32.2. The first kappa shape index (κ1) is 14.6. The maximum atomic E-state index is 11.6. The molecule has 0 bridgehead atoms. The minimum Gasteiger partial charge on any atom is -0.465 e. The molecule has 1 atom stereocenters. The fourth-order valence-corrected chi connectivity index (χ4v) is 3.95. The number of sulfone groups is 1. The molecule has 110 valence electrons. The largest absolute Gasteiger partial charge is 0.465 e. The number of esters is 1. The zero-order chi connectivity index (χ0) is 14.9. The monoisotopic (exact) mass is 298 g/mol. The van der Waals surface area contributed by atoms with E-state index >= 15 is 0 Å². The van der Waals surface area contributed by atoms with Crippen LogP contribution in [0, 0.1) is 0 Å². The number of carbonyl (C=O) groups excluding carboxylic acids is 1. The highest BCUT2D eigenvalue weighted by molar-refractivity contribution is 7.91. The Morgan fingerprint density at radius 3 is 2.75 bits per heavy atom. The van der Waals surface area contributed by atoms with Crippen LogP contribution in [0.2, 0.25) is 0 Å². The van der Waals surface area contributed by atoms with E-state index in [1.54, 1.807) is 18.2 Å². The van der Waals surface area contributed by atoms with Gasteiger partial charge < -0.3 is 15.4 Å². The number of nitrogens with two attached hydrogens (primary N) is 1. The number of hydrogen-bond donors (Lipinski definition) is 1. The van der Waals surface area contributed by atoms with Gasteiger partial charge in [-0.05, 0) is 25.1 Å². The Bertz CT molecular complexity index is 627. The van der Waals surface area contributed by atoms with Gasteiger partial charge in [-0.1, -0.05) is 0 Å². The standard InChI is InChI=1S/C13H18N2O4S/c1-9-8-20(17,18)6-5-15(9)10-3-4-12(14)11(7-10)13(16)19-2/h3-4,7,9H,5-6,8,14H2,1-2H3. The Morgan fingerprint density at radius 1 is 1.45 bits per heavy atom. The number of carbonyl (C=O) groups is 1. The van der Waals surface area contributed by atoms with Crippen LogP contribution < -0.4 is 10.6 Å². The lowest BCUT2D eigenvalue weighted by molar-refractivity contribution is 0.0602. The van der Waals surface area contributed by atoms with Gasteiger partial charge >= 0.3 is 5.97 Å². The number of ether oxygens (including phenoxy) is 1. The van der Waals surface area contributed by atoms with E-state index in [-0.39, 0.29) is 17.5 Å². The molecule has 20 heavy (non-hydrogen) atoms. The molecule has 0 aliphatic carbocycles. The van der Waals surface area contributed by atoms with Crippen LogP contribution in [0.25, 0.3) is 0 Å². The van der Waals surface area contributed by atoms with Gasteiger partial charge in [-0.2, -0.15) is 0 Å². The predicted octanol–water partition coefficient (Wildman–Crippen LogP) is 0.679. The molecule has 1 aliphatic rings. The predicted molar refractivity (Wildman–Crippen MR) is 77.7 cm³/mol. The van der Waals surface area contributed by atoms with E-state index in [1.807, 2.05) is 11.8 Å². The zero-order valence-electron chi connectivity index (χ0n) is 11.5. The fourth-order valence-electron chi connectivity index (χ4n) is 2.39. The molecule has 0 aromatic heterocycles. The molecule has 7 heteroatoms. The zero-order valence-corrected chi connectivity index (χ0v) is 12.3. The van der Waals surface area contributed by atoms with Gasteiger partial charge in [-0.3, -0.25) is 0 Å². The van der Waals surface area contributed by atoms with E-state index < -0.39 is 15.8 Å². The molecule has 1 heterocycles. The molecule has 0 spiro atoms. The van der Waals surface area contributed by atoms with Crippen LogP contribution in [0.5, 0.6) is 0 Å². The molecule has 0 amide bonds. The summed E-state index contributed by atoms with van der Waals surface area (Å²) in [6.07, 6.45) is 0. The maximum absolute atomic E-state index is 11.6. The normalized spacial score (nSPS) is 21.5. The Labute approximate surface area is 118 Å². The third-order valence-corrected chi connectivity index (χ3v) is 5.24. The van der Waals surface area contributed by atoms with Crippen molar-refractivity contribution in [1.82, 2.24) is 0 Å². The summed E-state index contributed by atoms with van der Waals surface area (Å²) in [7, 11) is -1.67. The molecule has 6 nitrogen and oxygen atoms in total. The molecular formula is C13H18N2O4S. The van der Waals surface area contributed by atoms with Crippen LogP contribution in [0.15, 0.2) is 18.2 Å². The summed E-state index contributed by atoms with van der Waals surface area (Å²) < 4.78 is 27.9. The first-order valence-electron chi connectivity index (χ1n) is 6.29. The van der Waals surface area contributed by atoms with E-state index in [1.165, 1.54) is 7.11 Å². The van der Waals surface area contributed by atoms with Crippen LogP contribution >= 0.6 is 0 Å². The summed E-state index contributed by atoms with van der Waals surface area (Å²) in [6, 6.07) is 4.94. The lowest BCUT2D eigenvalue weighted by atomic mass is 10.1. The van der Waals surface area contributed by atoms with E-state index in [0.29, 0.717) is 17.8 Å². The molecule has 2 rings (SSSR count). The van der Waals surface area contributed by atoms with Crippen molar-refractivity contribution in [2.45, 2.75) is 13.0 Å². The average Bonchev–Trinajstić information content (AvgIpc) is 2.38. The average molecular weight is 298 g/mol. The van der Waals surface area contributed by atoms with Crippen LogP contribution in [0.1, 0.15) is 17.3 Å². The Balaban J connectivity index is 2.32. The van der Waals surface area contributed by atoms with Gasteiger partial charge in [0.25, 0.3) is 0 Å². The minimum absolute atomic E-state index is 0.116. The summed E-state index contributed by atoms with van der Waals surface area (Å²) in [5.74, 6) is -0.262. The Hall–Kier alpha value is -1.76. The minimum atomic E-state index is -2.97. The highest BCUT2D eigenvalue weighted by Gasteiger charge is 2.28. The molecule has 0 saturated carbocycles. The topological polar surface area (TPSA) is 89.7 Å². The Morgan fingerprint density at radius 2 is 2.15 bits per heavy atom. The number of anilines is 2. The lowest BCUT2D eigenvalue weighted by Crippen LogP contribution is -2.47. The quantitative estimate of drug-likeness (QED) is 0.638. The van der Waals surface area contributed by atoms with Crippen molar-refractivity contribution in [1.29, 1.82) is 0 Å². The fraction of sp³-hybridized carbons (Fsp3) is 0.462. The molecule has 1 fully saturated rings. The van der Waals surface area contributed by atoms with E-state index in [4.69, 9.17) is 5.73 Å². The molecule has 1 aliphatic heterocycles. The van der Waals surface area contributed by atoms with Crippen molar-refractivity contribution in [2.24, 2.45) is 0 Å². The van der Waals surface area contributed by atoms with Crippen molar-refractivity contribution >= 4 is 27.2 Å². The maximum Gasteiger partial charge on any atom is 0.340 e. The van der Waals surface area contributed by atoms with E-state index in [2.05, 4.69) is 4.74 Å². The third-order valence-electron chi connectivity index (χ3n) is 3.44. The third kappa shape index (κ3) is 2.87. The first-order chi connectivity index (χ1) is 9.34. The van der Waals surface area contributed by atoms with Crippen molar-refractivity contribution in [3.8, 4) is 0 Å². The highest BCUT2D eigenvalue weighted by Crippen LogP contribution is 2.26. The number of nitrogens with zero attached hydrogens (tertiary/aromatic N) is 1. The summed E-state index contributed by atoms with van der Waals surface area (Å²) in [4.78, 5) is 13.6. The van der Waals surface area contributed by atoms with Gasteiger partial charge in [0.15, 0.2) is 9.84 Å². The smallest absolute Gasteiger partial charge is 0.340 e. The van der Waals surface area contributed by atoms with E-state index in [9.17, 15) is 13.2 Å². The molecular weight excluding hydrogens is 280 g/mol. The lowest BCUT2D eigenvalue weighted by Gasteiger charge is -2.35. The molecule has 1 aromatic rings. The van der Waals surface area contributed by atoms with Gasteiger partial charge in [-0.25, -0.2) is 13.2 Å². The van der Waals surface area contributed by atoms with Crippen LogP contribution in [-0.4, -0.2) is 45.6 Å². The number of methoxy groups -OCH3 is 1. The van der Waals surface area contributed by atoms with Crippen molar-refractivity contribution < 1.29 is 17.9 Å². The number of benzene rings is 1. The molecule has 2 N–H and O–H groups in total. The SMILES string of the molecule is COC(=O)c1cc(N2CCS(=O)(=O)CC2C)ccc1N. The second kappa shape index (κ2) is 5.32. The Kier molecular flexibility index (Phi) is 3.89. The van der Waals surface area contributed by atoms with Crippen LogP contribution in [0.4, 0.5) is 11.4 Å². The van der Waals surface area contributed by atoms with Crippen molar-refractivity contribution in [3.63, 3.8) is 0 Å². The number of hydrogen-bond acceptors (Lipinski definition) is 6. The van der Waals surface area contributed by atoms with Gasteiger partial charge in [0, 0.05) is 24.0 Å². The van der Waals surface area contributed by atoms with Gasteiger partial charge in [0.2, 0.25) is 0 Å². The molecule has 1 saturated heterocycles.